The van der Waals surface area contributed by atoms with Crippen molar-refractivity contribution in [1.82, 2.24) is 5.32 Å². The van der Waals surface area contributed by atoms with E-state index in [1.165, 1.54) is 71.3 Å². The second-order valence-corrected chi connectivity index (χ2v) is 17.6. The number of amides is 4. The average Bonchev–Trinajstić information content (AvgIpc) is 3.27. The van der Waals surface area contributed by atoms with Crippen molar-refractivity contribution in [2.75, 3.05) is 23.0 Å². The van der Waals surface area contributed by atoms with E-state index in [0.29, 0.717) is 5.69 Å². The number of nitrogens with one attached hydrogen (secondary N) is 4. The zero-order valence-corrected chi connectivity index (χ0v) is 37.5. The Hall–Kier alpha value is -7.70. The first-order chi connectivity index (χ1) is 30.8. The quantitative estimate of drug-likeness (QED) is 0.103. The summed E-state index contributed by atoms with van der Waals surface area (Å²) in [6, 6.07) is 47.6. The van der Waals surface area contributed by atoms with Crippen LogP contribution >= 0.6 is 0 Å². The van der Waals surface area contributed by atoms with Crippen molar-refractivity contribution in [2.24, 2.45) is 0 Å². The minimum Gasteiger partial charge on any atom is -0.341 e. The maximum atomic E-state index is 13.6. The normalized spacial score (nSPS) is 11.6. The van der Waals surface area contributed by atoms with Gasteiger partial charge in [0.15, 0.2) is 0 Å². The third kappa shape index (κ3) is 7.01. The molecule has 0 heterocycles. The number of anilines is 3. The third-order valence-corrected chi connectivity index (χ3v) is 13.2. The van der Waals surface area contributed by atoms with Crippen molar-refractivity contribution in [3.05, 3.63) is 172 Å². The van der Waals surface area contributed by atoms with Crippen molar-refractivity contribution >= 4 is 93.8 Å². The highest BCUT2D eigenvalue weighted by Gasteiger charge is 2.19. The van der Waals surface area contributed by atoms with E-state index >= 15 is 0 Å². The molecule has 6 nitrogen and oxygen atoms in total. The molecule has 0 radical (unpaired) electrons. The molecule has 0 aliphatic carbocycles. The van der Waals surface area contributed by atoms with Crippen LogP contribution < -0.4 is 21.3 Å². The van der Waals surface area contributed by atoms with E-state index in [-0.39, 0.29) is 12.1 Å². The van der Waals surface area contributed by atoms with Gasteiger partial charge in [0.2, 0.25) is 0 Å². The van der Waals surface area contributed by atoms with Crippen molar-refractivity contribution in [3.63, 3.8) is 0 Å². The summed E-state index contributed by atoms with van der Waals surface area (Å²) >= 11 is 0. The van der Waals surface area contributed by atoms with E-state index in [1.807, 2.05) is 37.3 Å². The molecule has 0 unspecified atom stereocenters. The van der Waals surface area contributed by atoms with Gasteiger partial charge in [-0.2, -0.15) is 0 Å². The molecule has 0 saturated carbocycles. The number of benzene rings is 10. The van der Waals surface area contributed by atoms with Gasteiger partial charge in [0, 0.05) is 24.1 Å². The molecule has 0 bridgehead atoms. The summed E-state index contributed by atoms with van der Waals surface area (Å²) in [6.45, 7) is 15.0. The minimum atomic E-state index is -0.307. The standard InChI is InChI=1S/C58H50N4O2/c1-31-10-18-48-52(23-31)55(47-17-9-32(2)24-53(47)56(48)41-14-12-39-22-33(3)21-34(4)49(39)27-41)40-13-11-38-28-54(35(5)25-42(38)26-40)62-58(64)61-44-16-20-46-45-19-15-43(60-57(63)59-8)29-50(45)36(6)37(7)51(46)30-44/h9-30H,1-8H3,(H2,59,60,63)(H2,61,62,64). The summed E-state index contributed by atoms with van der Waals surface area (Å²) in [5.74, 6) is 0. The summed E-state index contributed by atoms with van der Waals surface area (Å²) in [4.78, 5) is 25.6. The van der Waals surface area contributed by atoms with Crippen LogP contribution in [0.3, 0.4) is 0 Å². The molecule has 0 aliphatic rings. The molecule has 4 N–H and O–H groups in total. The second kappa shape index (κ2) is 15.6. The van der Waals surface area contributed by atoms with Gasteiger partial charge in [-0.15, -0.1) is 0 Å². The molecule has 10 rings (SSSR count). The molecule has 0 spiro atoms. The van der Waals surface area contributed by atoms with E-state index in [4.69, 9.17) is 0 Å². The fraction of sp³-hybridized carbons (Fsp3) is 0.138. The maximum absolute atomic E-state index is 13.6. The molecule has 10 aromatic carbocycles. The van der Waals surface area contributed by atoms with Crippen LogP contribution in [0, 0.1) is 48.5 Å². The number of urea groups is 2. The van der Waals surface area contributed by atoms with Crippen molar-refractivity contribution in [1.29, 1.82) is 0 Å². The number of hydrogen-bond donors (Lipinski definition) is 4. The number of fused-ring (bicyclic) bond motifs is 7. The predicted molar refractivity (Wildman–Crippen MR) is 273 cm³/mol. The maximum Gasteiger partial charge on any atom is 0.323 e. The van der Waals surface area contributed by atoms with E-state index in [1.54, 1.807) is 7.05 Å². The van der Waals surface area contributed by atoms with Gasteiger partial charge in [-0.25, -0.2) is 9.59 Å². The molecule has 6 heteroatoms. The minimum absolute atomic E-state index is 0.260. The van der Waals surface area contributed by atoms with Gasteiger partial charge in [0.05, 0.1) is 0 Å². The molecule has 64 heavy (non-hydrogen) atoms. The summed E-state index contributed by atoms with van der Waals surface area (Å²) in [5, 5.41) is 25.6. The lowest BCUT2D eigenvalue weighted by Gasteiger charge is -2.20. The average molecular weight is 835 g/mol. The molecule has 0 saturated heterocycles. The number of carbonyl (C=O) groups is 2. The zero-order chi connectivity index (χ0) is 44.6. The summed E-state index contributed by atoms with van der Waals surface area (Å²) in [7, 11) is 1.60. The lowest BCUT2D eigenvalue weighted by atomic mass is 9.84. The lowest BCUT2D eigenvalue weighted by Crippen LogP contribution is -2.24. The Bertz CT molecular complexity index is 3640. The van der Waals surface area contributed by atoms with Crippen LogP contribution in [0.5, 0.6) is 0 Å². The summed E-state index contributed by atoms with van der Waals surface area (Å²) in [5.41, 5.74) is 15.3. The topological polar surface area (TPSA) is 82.3 Å². The van der Waals surface area contributed by atoms with Gasteiger partial charge in [-0.1, -0.05) is 102 Å². The van der Waals surface area contributed by atoms with Crippen LogP contribution in [-0.4, -0.2) is 19.1 Å². The lowest BCUT2D eigenvalue weighted by molar-refractivity contribution is 0.254. The molecule has 0 fully saturated rings. The molecule has 4 amide bonds. The fourth-order valence-electron chi connectivity index (χ4n) is 9.88. The van der Waals surface area contributed by atoms with Gasteiger partial charge >= 0.3 is 12.1 Å². The monoisotopic (exact) mass is 834 g/mol. The van der Waals surface area contributed by atoms with Crippen molar-refractivity contribution in [3.8, 4) is 22.3 Å². The van der Waals surface area contributed by atoms with Crippen molar-refractivity contribution in [2.45, 2.75) is 48.5 Å². The number of hydrogen-bond acceptors (Lipinski definition) is 2. The van der Waals surface area contributed by atoms with Gasteiger partial charge in [-0.05, 0) is 206 Å². The Morgan fingerprint density at radius 3 is 1.50 bits per heavy atom. The van der Waals surface area contributed by atoms with Gasteiger partial charge in [-0.3, -0.25) is 0 Å². The first-order valence-corrected chi connectivity index (χ1v) is 21.9. The van der Waals surface area contributed by atoms with Crippen LogP contribution in [0.25, 0.3) is 86.9 Å². The summed E-state index contributed by atoms with van der Waals surface area (Å²) < 4.78 is 0. The Kier molecular flexibility index (Phi) is 9.83. The summed E-state index contributed by atoms with van der Waals surface area (Å²) in [6.07, 6.45) is 0. The van der Waals surface area contributed by atoms with Crippen LogP contribution in [0.15, 0.2) is 133 Å². The molecular weight excluding hydrogens is 785 g/mol. The Balaban J connectivity index is 0.988. The molecule has 0 aromatic heterocycles. The highest BCUT2D eigenvalue weighted by Crippen LogP contribution is 2.46. The van der Waals surface area contributed by atoms with Crippen LogP contribution in [0.4, 0.5) is 26.7 Å². The third-order valence-electron chi connectivity index (χ3n) is 13.2. The molecule has 0 aliphatic heterocycles. The van der Waals surface area contributed by atoms with E-state index < -0.39 is 0 Å². The first-order valence-electron chi connectivity index (χ1n) is 21.9. The highest BCUT2D eigenvalue weighted by molar-refractivity contribution is 6.22. The zero-order valence-electron chi connectivity index (χ0n) is 37.5. The van der Waals surface area contributed by atoms with Crippen molar-refractivity contribution < 1.29 is 9.59 Å². The Labute approximate surface area is 373 Å². The van der Waals surface area contributed by atoms with E-state index in [9.17, 15) is 9.59 Å². The van der Waals surface area contributed by atoms with Gasteiger partial charge in [0.25, 0.3) is 0 Å². The van der Waals surface area contributed by atoms with E-state index in [2.05, 4.69) is 166 Å². The van der Waals surface area contributed by atoms with E-state index in [0.717, 1.165) is 65.9 Å². The van der Waals surface area contributed by atoms with Crippen LogP contribution in [-0.2, 0) is 0 Å². The fourth-order valence-corrected chi connectivity index (χ4v) is 9.88. The predicted octanol–water partition coefficient (Wildman–Crippen LogP) is 15.5. The van der Waals surface area contributed by atoms with Gasteiger partial charge in [0.1, 0.15) is 0 Å². The molecule has 314 valence electrons. The largest absolute Gasteiger partial charge is 0.341 e. The Morgan fingerprint density at radius 2 is 0.906 bits per heavy atom. The molecule has 10 aromatic rings. The first kappa shape index (κ1) is 40.4. The number of carbonyl (C=O) groups excluding carboxylic acids is 2. The molecule has 0 atom stereocenters. The van der Waals surface area contributed by atoms with Crippen LogP contribution in [0.1, 0.15) is 38.9 Å². The smallest absolute Gasteiger partial charge is 0.323 e. The number of rotatable bonds is 5. The Morgan fingerprint density at radius 1 is 0.359 bits per heavy atom. The molecular formula is C58H50N4O2. The van der Waals surface area contributed by atoms with Crippen LogP contribution in [0.2, 0.25) is 0 Å². The van der Waals surface area contributed by atoms with Gasteiger partial charge < -0.3 is 21.3 Å². The second-order valence-electron chi connectivity index (χ2n) is 17.6. The number of aryl methyl sites for hydroxylation is 7. The SMILES string of the molecule is CNC(=O)Nc1ccc2c(c1)c(C)c(C)c1cc(NC(=O)Nc3cc4ccc(-c5c6ccc(C)cc6c(-c6ccc7cc(C)cc(C)c7c6)c6ccc(C)cc56)cc4cc3C)ccc12. The highest BCUT2D eigenvalue weighted by atomic mass is 16.2.